The number of rotatable bonds is 3. The highest BCUT2D eigenvalue weighted by atomic mass is 16.1. The number of carbonyl (C=O) groups excluding carboxylic acids is 1. The molecule has 0 aliphatic heterocycles. The molecule has 0 saturated carbocycles. The van der Waals surface area contributed by atoms with Gasteiger partial charge in [0.15, 0.2) is 0 Å². The van der Waals surface area contributed by atoms with E-state index in [4.69, 9.17) is 0 Å². The smallest absolute Gasteiger partial charge is 0.244 e. The van der Waals surface area contributed by atoms with E-state index in [1.54, 1.807) is 23.0 Å². The average molecular weight is 372 g/mol. The Hall–Kier alpha value is -3.66. The predicted octanol–water partition coefficient (Wildman–Crippen LogP) is 3.65. The van der Waals surface area contributed by atoms with Crippen molar-refractivity contribution in [1.82, 2.24) is 19.1 Å². The second kappa shape index (κ2) is 6.50. The Labute approximate surface area is 162 Å². The zero-order valence-corrected chi connectivity index (χ0v) is 16.0. The van der Waals surface area contributed by atoms with E-state index in [-0.39, 0.29) is 18.0 Å². The van der Waals surface area contributed by atoms with E-state index in [0.29, 0.717) is 22.3 Å². The molecule has 0 aliphatic rings. The number of anilines is 1. The molecule has 4 aromatic rings. The van der Waals surface area contributed by atoms with Gasteiger partial charge in [-0.05, 0) is 51.1 Å². The van der Waals surface area contributed by atoms with E-state index >= 15 is 0 Å². The largest absolute Gasteiger partial charge is 0.325 e. The third-order valence-corrected chi connectivity index (χ3v) is 4.63. The molecule has 2 aromatic heterocycles. The van der Waals surface area contributed by atoms with Crippen molar-refractivity contribution in [3.63, 3.8) is 0 Å². The lowest BCUT2D eigenvalue weighted by atomic mass is 10.1. The van der Waals surface area contributed by atoms with Crippen LogP contribution in [0.5, 0.6) is 0 Å². The number of nitrogens with one attached hydrogen (secondary N) is 1. The molecule has 7 nitrogen and oxygen atoms in total. The zero-order valence-electron chi connectivity index (χ0n) is 16.0. The number of hydrogen-bond donors (Lipinski definition) is 1. The number of nitriles is 1. The number of nitrogens with zero attached hydrogens (tertiary/aromatic N) is 5. The molecule has 0 aliphatic carbocycles. The van der Waals surface area contributed by atoms with Gasteiger partial charge in [-0.1, -0.05) is 6.07 Å². The van der Waals surface area contributed by atoms with Crippen molar-refractivity contribution in [2.75, 3.05) is 5.32 Å². The summed E-state index contributed by atoms with van der Waals surface area (Å²) < 4.78 is 3.80. The van der Waals surface area contributed by atoms with Crippen molar-refractivity contribution >= 4 is 33.7 Å². The molecule has 4 rings (SSSR count). The molecule has 2 aromatic carbocycles. The van der Waals surface area contributed by atoms with E-state index in [1.165, 1.54) is 0 Å². The molecule has 0 radical (unpaired) electrons. The minimum absolute atomic E-state index is 0.0690. The first kappa shape index (κ1) is 17.7. The normalized spacial score (nSPS) is 11.6. The first-order valence-corrected chi connectivity index (χ1v) is 8.98. The van der Waals surface area contributed by atoms with Crippen molar-refractivity contribution in [1.29, 1.82) is 5.26 Å². The molecular weight excluding hydrogens is 352 g/mol. The van der Waals surface area contributed by atoms with Crippen LogP contribution >= 0.6 is 0 Å². The van der Waals surface area contributed by atoms with Crippen molar-refractivity contribution in [3.8, 4) is 6.07 Å². The number of carbonyl (C=O) groups is 1. The molecule has 0 unspecified atom stereocenters. The van der Waals surface area contributed by atoms with Gasteiger partial charge in [0, 0.05) is 11.2 Å². The van der Waals surface area contributed by atoms with Gasteiger partial charge in [0.1, 0.15) is 12.6 Å². The van der Waals surface area contributed by atoms with Gasteiger partial charge in [0.05, 0.1) is 40.3 Å². The maximum atomic E-state index is 12.6. The van der Waals surface area contributed by atoms with E-state index in [0.717, 1.165) is 11.0 Å². The summed E-state index contributed by atoms with van der Waals surface area (Å²) in [4.78, 5) is 21.3. The molecule has 0 spiro atoms. The molecular formula is C21H20N6O. The van der Waals surface area contributed by atoms with Crippen LogP contribution in [0.4, 0.5) is 5.69 Å². The number of benzene rings is 2. The van der Waals surface area contributed by atoms with Gasteiger partial charge in [-0.25, -0.2) is 9.97 Å². The Kier molecular flexibility index (Phi) is 4.12. The lowest BCUT2D eigenvalue weighted by molar-refractivity contribution is -0.116. The summed E-state index contributed by atoms with van der Waals surface area (Å²) in [5.74, 6) is -0.193. The van der Waals surface area contributed by atoms with Crippen LogP contribution in [-0.4, -0.2) is 25.0 Å². The highest BCUT2D eigenvalue weighted by molar-refractivity contribution is 5.94. The SMILES string of the molecule is CC(C)(C)n1cnc2cc(NC(=O)Cn3cnc4cccc(C#N)c43)ccc21. The van der Waals surface area contributed by atoms with Crippen molar-refractivity contribution < 1.29 is 4.79 Å². The second-order valence-electron chi connectivity index (χ2n) is 7.69. The van der Waals surface area contributed by atoms with Gasteiger partial charge in [0.25, 0.3) is 0 Å². The molecule has 0 fully saturated rings. The fourth-order valence-corrected chi connectivity index (χ4v) is 3.32. The highest BCUT2D eigenvalue weighted by Gasteiger charge is 2.16. The van der Waals surface area contributed by atoms with Crippen LogP contribution in [0.2, 0.25) is 0 Å². The number of hydrogen-bond acceptors (Lipinski definition) is 4. The Morgan fingerprint density at radius 1 is 1.14 bits per heavy atom. The Balaban J connectivity index is 1.57. The van der Waals surface area contributed by atoms with Gasteiger partial charge in [-0.15, -0.1) is 0 Å². The fraction of sp³-hybridized carbons (Fsp3) is 0.238. The molecule has 0 bridgehead atoms. The lowest BCUT2D eigenvalue weighted by Gasteiger charge is -2.21. The molecule has 140 valence electrons. The lowest BCUT2D eigenvalue weighted by Crippen LogP contribution is -2.20. The first-order chi connectivity index (χ1) is 13.4. The van der Waals surface area contributed by atoms with Crippen molar-refractivity contribution in [2.45, 2.75) is 32.9 Å². The summed E-state index contributed by atoms with van der Waals surface area (Å²) in [6.45, 7) is 6.43. The number of para-hydroxylation sites is 1. The fourth-order valence-electron chi connectivity index (χ4n) is 3.32. The summed E-state index contributed by atoms with van der Waals surface area (Å²) in [5.41, 5.74) is 4.32. The minimum Gasteiger partial charge on any atom is -0.325 e. The molecule has 2 heterocycles. The Bertz CT molecular complexity index is 1240. The minimum atomic E-state index is -0.193. The number of aromatic nitrogens is 4. The summed E-state index contributed by atoms with van der Waals surface area (Å²) in [7, 11) is 0. The zero-order chi connectivity index (χ0) is 19.9. The van der Waals surface area contributed by atoms with Crippen LogP contribution < -0.4 is 5.32 Å². The molecule has 1 amide bonds. The maximum Gasteiger partial charge on any atom is 0.244 e. The van der Waals surface area contributed by atoms with Gasteiger partial charge in [-0.3, -0.25) is 4.79 Å². The number of imidazole rings is 2. The summed E-state index contributed by atoms with van der Waals surface area (Å²) in [6, 6.07) is 13.2. The van der Waals surface area contributed by atoms with E-state index < -0.39 is 0 Å². The van der Waals surface area contributed by atoms with Crippen LogP contribution in [0.15, 0.2) is 49.1 Å². The van der Waals surface area contributed by atoms with Crippen molar-refractivity contribution in [3.05, 3.63) is 54.6 Å². The van der Waals surface area contributed by atoms with Crippen LogP contribution in [0.25, 0.3) is 22.1 Å². The topological polar surface area (TPSA) is 88.5 Å². The van der Waals surface area contributed by atoms with Crippen LogP contribution in [0, 0.1) is 11.3 Å². The van der Waals surface area contributed by atoms with Crippen LogP contribution in [-0.2, 0) is 16.9 Å². The predicted molar refractivity (Wildman–Crippen MR) is 108 cm³/mol. The van der Waals surface area contributed by atoms with Crippen LogP contribution in [0.3, 0.4) is 0 Å². The maximum absolute atomic E-state index is 12.6. The molecule has 1 N–H and O–H groups in total. The molecule has 0 atom stereocenters. The van der Waals surface area contributed by atoms with E-state index in [9.17, 15) is 10.1 Å². The van der Waals surface area contributed by atoms with Gasteiger partial charge < -0.3 is 14.5 Å². The van der Waals surface area contributed by atoms with Gasteiger partial charge in [-0.2, -0.15) is 5.26 Å². The van der Waals surface area contributed by atoms with E-state index in [2.05, 4.69) is 46.7 Å². The van der Waals surface area contributed by atoms with Gasteiger partial charge >= 0.3 is 0 Å². The second-order valence-corrected chi connectivity index (χ2v) is 7.69. The molecule has 0 saturated heterocycles. The summed E-state index contributed by atoms with van der Waals surface area (Å²) in [5, 5.41) is 12.2. The average Bonchev–Trinajstić information content (AvgIpc) is 3.25. The number of fused-ring (bicyclic) bond motifs is 2. The highest BCUT2D eigenvalue weighted by Crippen LogP contribution is 2.24. The summed E-state index contributed by atoms with van der Waals surface area (Å²) in [6.07, 6.45) is 3.40. The monoisotopic (exact) mass is 372 g/mol. The summed E-state index contributed by atoms with van der Waals surface area (Å²) >= 11 is 0. The van der Waals surface area contributed by atoms with E-state index in [1.807, 2.05) is 30.6 Å². The van der Waals surface area contributed by atoms with Crippen molar-refractivity contribution in [2.24, 2.45) is 0 Å². The molecule has 28 heavy (non-hydrogen) atoms. The van der Waals surface area contributed by atoms with Crippen LogP contribution in [0.1, 0.15) is 26.3 Å². The third kappa shape index (κ3) is 3.09. The quantitative estimate of drug-likeness (QED) is 0.594. The third-order valence-electron chi connectivity index (χ3n) is 4.63. The van der Waals surface area contributed by atoms with Gasteiger partial charge in [0.2, 0.25) is 5.91 Å². The molecule has 7 heteroatoms. The Morgan fingerprint density at radius 2 is 1.93 bits per heavy atom. The Morgan fingerprint density at radius 3 is 2.68 bits per heavy atom. The standard InChI is InChI=1S/C21H20N6O/c1-21(2,3)27-13-24-17-9-15(7-8-18(17)27)25-19(28)11-26-12-23-16-6-4-5-14(10-22)20(16)26/h4-9,12-13H,11H2,1-3H3,(H,25,28). The first-order valence-electron chi connectivity index (χ1n) is 8.98. The number of amides is 1.